The molecular weight excluding hydrogens is 288 g/mol. The predicted octanol–water partition coefficient (Wildman–Crippen LogP) is 2.34. The van der Waals surface area contributed by atoms with E-state index in [4.69, 9.17) is 22.1 Å². The van der Waals surface area contributed by atoms with E-state index < -0.39 is 6.10 Å². The number of ether oxygens (including phenoxy) is 1. The highest BCUT2D eigenvalue weighted by Gasteiger charge is 2.26. The monoisotopic (exact) mass is 310 g/mol. The maximum Gasteiger partial charge on any atom is 0.138 e. The molecule has 3 N–H and O–H groups in total. The van der Waals surface area contributed by atoms with Gasteiger partial charge in [-0.15, -0.1) is 0 Å². The van der Waals surface area contributed by atoms with Gasteiger partial charge in [0.1, 0.15) is 5.75 Å². The number of nitrogens with zero attached hydrogens (tertiary/aromatic N) is 1. The third-order valence-electron chi connectivity index (χ3n) is 4.19. The van der Waals surface area contributed by atoms with Crippen LogP contribution in [0.5, 0.6) is 5.75 Å². The van der Waals surface area contributed by atoms with E-state index in [-0.39, 0.29) is 6.04 Å². The van der Waals surface area contributed by atoms with E-state index in [1.807, 2.05) is 12.1 Å². The number of halogens is 1. The molecule has 2 aliphatic rings. The lowest BCUT2D eigenvalue weighted by atomic mass is 10.0. The van der Waals surface area contributed by atoms with Crippen molar-refractivity contribution >= 4 is 11.6 Å². The van der Waals surface area contributed by atoms with E-state index in [1.54, 1.807) is 6.07 Å². The van der Waals surface area contributed by atoms with Gasteiger partial charge in [-0.25, -0.2) is 0 Å². The van der Waals surface area contributed by atoms with Gasteiger partial charge in [-0.3, -0.25) is 0 Å². The Kier molecular flexibility index (Phi) is 4.69. The molecule has 2 fully saturated rings. The zero-order valence-corrected chi connectivity index (χ0v) is 12.9. The van der Waals surface area contributed by atoms with E-state index >= 15 is 0 Å². The van der Waals surface area contributed by atoms with Gasteiger partial charge in [-0.1, -0.05) is 17.7 Å². The molecule has 116 valence electrons. The summed E-state index contributed by atoms with van der Waals surface area (Å²) in [7, 11) is 0. The molecule has 1 aromatic rings. The minimum absolute atomic E-state index is 0.297. The first-order chi connectivity index (χ1) is 10.1. The first-order valence-electron chi connectivity index (χ1n) is 7.75. The van der Waals surface area contributed by atoms with E-state index in [0.717, 1.165) is 38.0 Å². The maximum absolute atomic E-state index is 10.4. The van der Waals surface area contributed by atoms with Crippen molar-refractivity contribution in [2.75, 3.05) is 19.6 Å². The topological polar surface area (TPSA) is 58.7 Å². The Balaban J connectivity index is 1.62. The van der Waals surface area contributed by atoms with Crippen LogP contribution in [-0.2, 0) is 0 Å². The third kappa shape index (κ3) is 3.89. The molecule has 4 nitrogen and oxygen atoms in total. The lowest BCUT2D eigenvalue weighted by Crippen LogP contribution is -2.40. The first-order valence-corrected chi connectivity index (χ1v) is 8.13. The summed E-state index contributed by atoms with van der Waals surface area (Å²) in [4.78, 5) is 2.31. The van der Waals surface area contributed by atoms with Crippen molar-refractivity contribution in [3.8, 4) is 5.75 Å². The van der Waals surface area contributed by atoms with Crippen LogP contribution < -0.4 is 10.5 Å². The van der Waals surface area contributed by atoms with Gasteiger partial charge in [0, 0.05) is 12.6 Å². The summed E-state index contributed by atoms with van der Waals surface area (Å²) in [5.41, 5.74) is 6.90. The molecule has 2 atom stereocenters. The van der Waals surface area contributed by atoms with E-state index in [9.17, 15) is 5.11 Å². The standard InChI is InChI=1S/C16H23ClN2O2/c17-13-9-11(3-6-15(13)21-12-4-5-12)16(20)14(18)10-19-7-1-2-8-19/h3,6,9,12,14,16,20H,1-2,4-5,7-8,10,18H2/t14-,16-/m1/s1. The smallest absolute Gasteiger partial charge is 0.138 e. The average Bonchev–Trinajstić information content (AvgIpc) is 3.14. The Bertz CT molecular complexity index is 487. The normalized spacial score (nSPS) is 22.2. The van der Waals surface area contributed by atoms with Crippen LogP contribution in [0.15, 0.2) is 18.2 Å². The highest BCUT2D eigenvalue weighted by atomic mass is 35.5. The summed E-state index contributed by atoms with van der Waals surface area (Å²) in [6.07, 6.45) is 4.26. The molecule has 5 heteroatoms. The van der Waals surface area contributed by atoms with Gasteiger partial charge in [0.15, 0.2) is 0 Å². The molecule has 0 radical (unpaired) electrons. The van der Waals surface area contributed by atoms with Crippen molar-refractivity contribution in [1.82, 2.24) is 4.90 Å². The molecule has 1 saturated heterocycles. The minimum atomic E-state index is -0.696. The molecule has 0 amide bonds. The first kappa shape index (κ1) is 15.1. The van der Waals surface area contributed by atoms with Gasteiger partial charge in [0.25, 0.3) is 0 Å². The Hall–Kier alpha value is -0.810. The van der Waals surface area contributed by atoms with Crippen LogP contribution in [0.4, 0.5) is 0 Å². The van der Waals surface area contributed by atoms with Gasteiger partial charge >= 0.3 is 0 Å². The van der Waals surface area contributed by atoms with Crippen LogP contribution in [0.25, 0.3) is 0 Å². The molecule has 3 rings (SSSR count). The molecule has 1 aliphatic carbocycles. The number of likely N-dealkylation sites (tertiary alicyclic amines) is 1. The van der Waals surface area contributed by atoms with Gasteiger partial charge in [0.2, 0.25) is 0 Å². The van der Waals surface area contributed by atoms with Crippen molar-refractivity contribution in [3.63, 3.8) is 0 Å². The van der Waals surface area contributed by atoms with Gasteiger partial charge in [-0.2, -0.15) is 0 Å². The highest BCUT2D eigenvalue weighted by Crippen LogP contribution is 2.33. The maximum atomic E-state index is 10.4. The lowest BCUT2D eigenvalue weighted by molar-refractivity contribution is 0.125. The highest BCUT2D eigenvalue weighted by molar-refractivity contribution is 6.32. The van der Waals surface area contributed by atoms with Crippen LogP contribution >= 0.6 is 11.6 Å². The van der Waals surface area contributed by atoms with E-state index in [0.29, 0.717) is 16.9 Å². The minimum Gasteiger partial charge on any atom is -0.489 e. The summed E-state index contributed by atoms with van der Waals surface area (Å²) < 4.78 is 5.71. The zero-order chi connectivity index (χ0) is 14.8. The second kappa shape index (κ2) is 6.53. The number of aliphatic hydroxyl groups is 1. The van der Waals surface area contributed by atoms with Gasteiger partial charge in [-0.05, 0) is 56.5 Å². The average molecular weight is 311 g/mol. The number of benzene rings is 1. The fourth-order valence-corrected chi connectivity index (χ4v) is 3.01. The second-order valence-electron chi connectivity index (χ2n) is 6.12. The number of nitrogens with two attached hydrogens (primary N) is 1. The SMILES string of the molecule is N[C@H](CN1CCCC1)[C@H](O)c1ccc(OC2CC2)c(Cl)c1. The molecule has 0 unspecified atom stereocenters. The molecule has 1 aliphatic heterocycles. The summed E-state index contributed by atoms with van der Waals surface area (Å²) in [5, 5.41) is 11.0. The van der Waals surface area contributed by atoms with Crippen molar-refractivity contribution in [2.45, 2.75) is 43.9 Å². The summed E-state index contributed by atoms with van der Waals surface area (Å²) in [6, 6.07) is 5.17. The fraction of sp³-hybridized carbons (Fsp3) is 0.625. The molecule has 1 aromatic carbocycles. The van der Waals surface area contributed by atoms with Crippen LogP contribution in [0.3, 0.4) is 0 Å². The molecule has 1 saturated carbocycles. The van der Waals surface area contributed by atoms with Crippen LogP contribution in [0.2, 0.25) is 5.02 Å². The Morgan fingerprint density at radius 2 is 2.05 bits per heavy atom. The number of hydrogen-bond acceptors (Lipinski definition) is 4. The van der Waals surface area contributed by atoms with Crippen molar-refractivity contribution < 1.29 is 9.84 Å². The second-order valence-corrected chi connectivity index (χ2v) is 6.53. The Labute approximate surface area is 130 Å². The van der Waals surface area contributed by atoms with E-state index in [1.165, 1.54) is 12.8 Å². The Morgan fingerprint density at radius 1 is 1.33 bits per heavy atom. The summed E-state index contributed by atoms with van der Waals surface area (Å²) >= 11 is 6.23. The van der Waals surface area contributed by atoms with E-state index in [2.05, 4.69) is 4.90 Å². The molecule has 0 spiro atoms. The largest absolute Gasteiger partial charge is 0.489 e. The van der Waals surface area contributed by atoms with Crippen LogP contribution in [0.1, 0.15) is 37.4 Å². The lowest BCUT2D eigenvalue weighted by Gasteiger charge is -2.24. The van der Waals surface area contributed by atoms with Crippen molar-refractivity contribution in [3.05, 3.63) is 28.8 Å². The number of aliphatic hydroxyl groups excluding tert-OH is 1. The number of hydrogen-bond donors (Lipinski definition) is 2. The fourth-order valence-electron chi connectivity index (χ4n) is 2.77. The zero-order valence-electron chi connectivity index (χ0n) is 12.2. The molecule has 0 bridgehead atoms. The molecule has 1 heterocycles. The van der Waals surface area contributed by atoms with Crippen molar-refractivity contribution in [2.24, 2.45) is 5.73 Å². The van der Waals surface area contributed by atoms with Crippen LogP contribution in [0, 0.1) is 0 Å². The third-order valence-corrected chi connectivity index (χ3v) is 4.48. The summed E-state index contributed by atoms with van der Waals surface area (Å²) in [6.45, 7) is 2.88. The van der Waals surface area contributed by atoms with Crippen molar-refractivity contribution in [1.29, 1.82) is 0 Å². The van der Waals surface area contributed by atoms with Gasteiger partial charge < -0.3 is 20.5 Å². The quantitative estimate of drug-likeness (QED) is 0.847. The van der Waals surface area contributed by atoms with Gasteiger partial charge in [0.05, 0.1) is 17.2 Å². The van der Waals surface area contributed by atoms with Crippen LogP contribution in [-0.4, -0.2) is 41.8 Å². The number of rotatable bonds is 6. The molecule has 21 heavy (non-hydrogen) atoms. The summed E-state index contributed by atoms with van der Waals surface area (Å²) in [5.74, 6) is 0.697. The predicted molar refractivity (Wildman–Crippen MR) is 83.7 cm³/mol. The Morgan fingerprint density at radius 3 is 2.67 bits per heavy atom. The molecule has 0 aromatic heterocycles. The molecular formula is C16H23ClN2O2.